The zero-order valence-corrected chi connectivity index (χ0v) is 12.3. The van der Waals surface area contributed by atoms with Gasteiger partial charge in [0.2, 0.25) is 5.95 Å². The van der Waals surface area contributed by atoms with E-state index in [-0.39, 0.29) is 0 Å². The molecule has 1 aromatic carbocycles. The Bertz CT molecular complexity index is 565. The molecule has 0 saturated heterocycles. The van der Waals surface area contributed by atoms with E-state index in [0.29, 0.717) is 12.0 Å². The van der Waals surface area contributed by atoms with Gasteiger partial charge in [-0.3, -0.25) is 0 Å². The molecule has 0 spiro atoms. The van der Waals surface area contributed by atoms with E-state index in [0.717, 1.165) is 11.6 Å². The van der Waals surface area contributed by atoms with Crippen molar-refractivity contribution in [1.82, 2.24) is 9.55 Å². The number of imidazole rings is 1. The first-order valence-electron chi connectivity index (χ1n) is 7.64. The molecule has 0 atom stereocenters. The van der Waals surface area contributed by atoms with E-state index in [2.05, 4.69) is 59.2 Å². The van der Waals surface area contributed by atoms with Gasteiger partial charge in [0.25, 0.3) is 0 Å². The molecule has 3 nitrogen and oxygen atoms in total. The molecule has 0 aliphatic heterocycles. The van der Waals surface area contributed by atoms with Crippen LogP contribution in [-0.2, 0) is 0 Å². The molecule has 1 aliphatic carbocycles. The summed E-state index contributed by atoms with van der Waals surface area (Å²) in [5.41, 5.74) is 2.48. The minimum atomic E-state index is 0.548. The molecule has 3 heteroatoms. The molecule has 1 fully saturated rings. The van der Waals surface area contributed by atoms with Gasteiger partial charge in [0.05, 0.1) is 0 Å². The number of nitrogens with zero attached hydrogens (tertiary/aromatic N) is 2. The van der Waals surface area contributed by atoms with Crippen molar-refractivity contribution in [2.45, 2.75) is 51.5 Å². The minimum Gasteiger partial charge on any atom is -0.326 e. The van der Waals surface area contributed by atoms with Crippen LogP contribution in [0.15, 0.2) is 36.7 Å². The molecule has 0 bridgehead atoms. The first-order valence-corrected chi connectivity index (χ1v) is 7.64. The van der Waals surface area contributed by atoms with Crippen LogP contribution in [0, 0.1) is 0 Å². The predicted octanol–water partition coefficient (Wildman–Crippen LogP) is 4.87. The highest BCUT2D eigenvalue weighted by molar-refractivity contribution is 5.55. The molecule has 106 valence electrons. The van der Waals surface area contributed by atoms with Crippen LogP contribution in [0.25, 0.3) is 0 Å². The summed E-state index contributed by atoms with van der Waals surface area (Å²) in [6.07, 6.45) is 9.22. The van der Waals surface area contributed by atoms with Crippen LogP contribution in [0.1, 0.15) is 57.1 Å². The molecule has 0 amide bonds. The average Bonchev–Trinajstić information content (AvgIpc) is 3.09. The van der Waals surface area contributed by atoms with Crippen LogP contribution in [0.5, 0.6) is 0 Å². The normalized spacial score (nSPS) is 15.9. The van der Waals surface area contributed by atoms with Crippen LogP contribution in [0.3, 0.4) is 0 Å². The minimum absolute atomic E-state index is 0.548. The van der Waals surface area contributed by atoms with Crippen molar-refractivity contribution in [3.05, 3.63) is 42.2 Å². The van der Waals surface area contributed by atoms with Crippen molar-refractivity contribution < 1.29 is 0 Å². The summed E-state index contributed by atoms with van der Waals surface area (Å²) in [6.45, 7) is 4.44. The summed E-state index contributed by atoms with van der Waals surface area (Å²) in [5, 5.41) is 3.48. The maximum absolute atomic E-state index is 4.48. The first-order chi connectivity index (χ1) is 9.74. The fourth-order valence-corrected chi connectivity index (χ4v) is 2.99. The lowest BCUT2D eigenvalue weighted by Crippen LogP contribution is -2.08. The summed E-state index contributed by atoms with van der Waals surface area (Å²) >= 11 is 0. The molecule has 2 aromatic rings. The van der Waals surface area contributed by atoms with Gasteiger partial charge in [-0.25, -0.2) is 4.98 Å². The van der Waals surface area contributed by atoms with Crippen molar-refractivity contribution in [1.29, 1.82) is 0 Å². The van der Waals surface area contributed by atoms with Crippen molar-refractivity contribution >= 4 is 11.6 Å². The van der Waals surface area contributed by atoms with Crippen LogP contribution in [-0.4, -0.2) is 9.55 Å². The van der Waals surface area contributed by atoms with E-state index in [1.165, 1.54) is 31.2 Å². The summed E-state index contributed by atoms with van der Waals surface area (Å²) < 4.78 is 2.30. The van der Waals surface area contributed by atoms with Gasteiger partial charge in [-0.05, 0) is 36.5 Å². The molecular formula is C17H23N3. The van der Waals surface area contributed by atoms with Crippen LogP contribution < -0.4 is 5.32 Å². The van der Waals surface area contributed by atoms with E-state index in [1.54, 1.807) is 0 Å². The molecule has 0 unspecified atom stereocenters. The highest BCUT2D eigenvalue weighted by atomic mass is 15.2. The lowest BCUT2D eigenvalue weighted by molar-refractivity contribution is 0.525. The molecular weight excluding hydrogens is 246 g/mol. The summed E-state index contributed by atoms with van der Waals surface area (Å²) in [5.74, 6) is 1.52. The average molecular weight is 269 g/mol. The fourth-order valence-electron chi connectivity index (χ4n) is 2.99. The van der Waals surface area contributed by atoms with Gasteiger partial charge in [-0.1, -0.05) is 38.8 Å². The quantitative estimate of drug-likeness (QED) is 0.858. The number of benzene rings is 1. The Hall–Kier alpha value is -1.77. The Kier molecular flexibility index (Phi) is 3.77. The first kappa shape index (κ1) is 13.2. The standard InChI is InChI=1S/C17H23N3/c1-13(2)14-6-5-7-15(12-14)19-17-18-10-11-20(17)16-8-3-4-9-16/h5-7,10-13,16H,3-4,8-9H2,1-2H3,(H,18,19). The van der Waals surface area contributed by atoms with Crippen molar-refractivity contribution in [2.75, 3.05) is 5.32 Å². The molecule has 3 rings (SSSR count). The van der Waals surface area contributed by atoms with E-state index in [4.69, 9.17) is 0 Å². The van der Waals surface area contributed by atoms with Crippen LogP contribution in [0.4, 0.5) is 11.6 Å². The van der Waals surface area contributed by atoms with Crippen LogP contribution in [0.2, 0.25) is 0 Å². The molecule has 20 heavy (non-hydrogen) atoms. The zero-order valence-electron chi connectivity index (χ0n) is 12.3. The molecule has 1 N–H and O–H groups in total. The maximum atomic E-state index is 4.48. The number of nitrogens with one attached hydrogen (secondary N) is 1. The third-order valence-electron chi connectivity index (χ3n) is 4.20. The maximum Gasteiger partial charge on any atom is 0.207 e. The monoisotopic (exact) mass is 269 g/mol. The molecule has 1 saturated carbocycles. The summed E-state index contributed by atoms with van der Waals surface area (Å²) in [7, 11) is 0. The highest BCUT2D eigenvalue weighted by Crippen LogP contribution is 2.32. The second-order valence-corrected chi connectivity index (χ2v) is 6.00. The number of hydrogen-bond acceptors (Lipinski definition) is 2. The Morgan fingerprint density at radius 1 is 1.25 bits per heavy atom. The largest absolute Gasteiger partial charge is 0.326 e. The van der Waals surface area contributed by atoms with Gasteiger partial charge in [-0.2, -0.15) is 0 Å². The van der Waals surface area contributed by atoms with Gasteiger partial charge in [0.15, 0.2) is 0 Å². The third-order valence-corrected chi connectivity index (χ3v) is 4.20. The molecule has 0 radical (unpaired) electrons. The fraction of sp³-hybridized carbons (Fsp3) is 0.471. The summed E-state index contributed by atoms with van der Waals surface area (Å²) in [6, 6.07) is 9.24. The van der Waals surface area contributed by atoms with E-state index < -0.39 is 0 Å². The number of anilines is 2. The number of hydrogen-bond donors (Lipinski definition) is 1. The Labute approximate surface area is 121 Å². The van der Waals surface area contributed by atoms with Gasteiger partial charge in [0, 0.05) is 24.1 Å². The molecule has 1 aromatic heterocycles. The number of aromatic nitrogens is 2. The Balaban J connectivity index is 1.81. The van der Waals surface area contributed by atoms with Crippen molar-refractivity contribution in [2.24, 2.45) is 0 Å². The van der Waals surface area contributed by atoms with Crippen LogP contribution >= 0.6 is 0 Å². The lowest BCUT2D eigenvalue weighted by atomic mass is 10.0. The smallest absolute Gasteiger partial charge is 0.207 e. The zero-order chi connectivity index (χ0) is 13.9. The van der Waals surface area contributed by atoms with Crippen molar-refractivity contribution in [3.63, 3.8) is 0 Å². The molecule has 1 heterocycles. The van der Waals surface area contributed by atoms with Gasteiger partial charge in [0.1, 0.15) is 0 Å². The van der Waals surface area contributed by atoms with Gasteiger partial charge < -0.3 is 9.88 Å². The van der Waals surface area contributed by atoms with E-state index in [9.17, 15) is 0 Å². The second kappa shape index (κ2) is 5.70. The van der Waals surface area contributed by atoms with Gasteiger partial charge in [-0.15, -0.1) is 0 Å². The lowest BCUT2D eigenvalue weighted by Gasteiger charge is -2.16. The topological polar surface area (TPSA) is 29.9 Å². The van der Waals surface area contributed by atoms with Crippen molar-refractivity contribution in [3.8, 4) is 0 Å². The van der Waals surface area contributed by atoms with E-state index >= 15 is 0 Å². The molecule has 1 aliphatic rings. The second-order valence-electron chi connectivity index (χ2n) is 6.00. The van der Waals surface area contributed by atoms with Gasteiger partial charge >= 0.3 is 0 Å². The Morgan fingerprint density at radius 2 is 2.05 bits per heavy atom. The van der Waals surface area contributed by atoms with E-state index in [1.807, 2.05) is 6.20 Å². The highest BCUT2D eigenvalue weighted by Gasteiger charge is 2.19. The number of rotatable bonds is 4. The SMILES string of the molecule is CC(C)c1cccc(Nc2nccn2C2CCCC2)c1. The Morgan fingerprint density at radius 3 is 2.80 bits per heavy atom. The third kappa shape index (κ3) is 2.72. The summed E-state index contributed by atoms with van der Waals surface area (Å²) in [4.78, 5) is 4.48. The predicted molar refractivity (Wildman–Crippen MR) is 83.5 cm³/mol.